The van der Waals surface area contributed by atoms with Crippen molar-refractivity contribution < 1.29 is 14.4 Å². The summed E-state index contributed by atoms with van der Waals surface area (Å²) in [7, 11) is 0. The quantitative estimate of drug-likeness (QED) is 0.443. The van der Waals surface area contributed by atoms with E-state index < -0.39 is 28.8 Å². The molecule has 0 bridgehead atoms. The predicted octanol–water partition coefficient (Wildman–Crippen LogP) is 5.93. The Morgan fingerprint density at radius 2 is 1.68 bits per heavy atom. The van der Waals surface area contributed by atoms with Crippen molar-refractivity contribution in [2.75, 3.05) is 10.2 Å². The molecule has 1 amide bonds. The van der Waals surface area contributed by atoms with E-state index in [0.29, 0.717) is 16.3 Å². The van der Waals surface area contributed by atoms with Gasteiger partial charge in [-0.3, -0.25) is 14.4 Å². The number of carbonyl (C=O) groups excluding carboxylic acids is 3. The summed E-state index contributed by atoms with van der Waals surface area (Å²) in [6.07, 6.45) is 3.91. The number of halogens is 1. The highest BCUT2D eigenvalue weighted by Crippen LogP contribution is 2.58. The number of para-hydroxylation sites is 1. The summed E-state index contributed by atoms with van der Waals surface area (Å²) in [5.74, 6) is -1.50. The van der Waals surface area contributed by atoms with Crippen LogP contribution in [0.2, 0.25) is 5.02 Å². The first kappa shape index (κ1) is 23.7. The molecule has 3 aromatic carbocycles. The van der Waals surface area contributed by atoms with Crippen molar-refractivity contribution in [3.05, 3.63) is 101 Å². The Bertz CT molecular complexity index is 1490. The van der Waals surface area contributed by atoms with Crippen molar-refractivity contribution in [2.45, 2.75) is 38.3 Å². The second-order valence-electron chi connectivity index (χ2n) is 11.1. The van der Waals surface area contributed by atoms with E-state index in [1.165, 1.54) is 0 Å². The molecule has 3 heterocycles. The van der Waals surface area contributed by atoms with Crippen LogP contribution in [0.1, 0.15) is 42.3 Å². The maximum Gasteiger partial charge on any atom is 0.238 e. The Morgan fingerprint density at radius 3 is 2.41 bits per heavy atom. The molecule has 4 atom stereocenters. The van der Waals surface area contributed by atoms with E-state index in [9.17, 15) is 14.4 Å². The lowest BCUT2D eigenvalue weighted by atomic mass is 9.63. The SMILES string of the molecule is CC(C)(C)C(=O)[C@@H]1[C@@H](C(=O)c2ccccc2)[C@]2(C(=O)Nc3ccccc32)[C@H]2C=Cc3cc(Cl)ccc3N12. The van der Waals surface area contributed by atoms with Gasteiger partial charge in [-0.15, -0.1) is 0 Å². The molecule has 0 aromatic heterocycles. The molecule has 1 saturated heterocycles. The van der Waals surface area contributed by atoms with Crippen molar-refractivity contribution in [1.82, 2.24) is 0 Å². The molecule has 0 saturated carbocycles. The number of fused-ring (bicyclic) bond motifs is 6. The number of anilines is 2. The molecule has 1 N–H and O–H groups in total. The van der Waals surface area contributed by atoms with Crippen LogP contribution >= 0.6 is 11.6 Å². The largest absolute Gasteiger partial charge is 0.352 e. The number of ketones is 2. The Labute approximate surface area is 221 Å². The summed E-state index contributed by atoms with van der Waals surface area (Å²) in [5.41, 5.74) is 1.51. The normalized spacial score (nSPS) is 25.5. The molecular weight excluding hydrogens is 484 g/mol. The van der Waals surface area contributed by atoms with Crippen molar-refractivity contribution >= 4 is 46.5 Å². The molecule has 3 aliphatic rings. The molecular formula is C31H27ClN2O3. The van der Waals surface area contributed by atoms with Gasteiger partial charge < -0.3 is 10.2 Å². The first-order valence-electron chi connectivity index (χ1n) is 12.5. The zero-order chi connectivity index (χ0) is 26.1. The van der Waals surface area contributed by atoms with E-state index in [4.69, 9.17) is 11.6 Å². The standard InChI is InChI=1S/C31H27ClN2O3/c1-30(2,3)28(36)26-25(27(35)18-9-5-4-6-10-18)31(21-11-7-8-12-22(21)33-29(31)37)24-16-13-19-17-20(32)14-15-23(19)34(24)26/h4-17,24-26H,1-3H3,(H,33,37)/t24-,25+,26+,31-/m1/s1. The Hall–Kier alpha value is -3.70. The van der Waals surface area contributed by atoms with Crippen molar-refractivity contribution in [1.29, 1.82) is 0 Å². The van der Waals surface area contributed by atoms with E-state index in [-0.39, 0.29) is 17.5 Å². The van der Waals surface area contributed by atoms with Gasteiger partial charge in [-0.05, 0) is 35.4 Å². The summed E-state index contributed by atoms with van der Waals surface area (Å²) >= 11 is 6.32. The summed E-state index contributed by atoms with van der Waals surface area (Å²) in [6.45, 7) is 5.60. The van der Waals surface area contributed by atoms with Gasteiger partial charge in [0, 0.05) is 27.4 Å². The van der Waals surface area contributed by atoms with Gasteiger partial charge in [0.05, 0.1) is 12.0 Å². The lowest BCUT2D eigenvalue weighted by Gasteiger charge is -2.38. The summed E-state index contributed by atoms with van der Waals surface area (Å²) < 4.78 is 0. The van der Waals surface area contributed by atoms with E-state index in [1.54, 1.807) is 18.2 Å². The number of hydrogen-bond acceptors (Lipinski definition) is 4. The van der Waals surface area contributed by atoms with Crippen molar-refractivity contribution in [3.63, 3.8) is 0 Å². The van der Waals surface area contributed by atoms with Gasteiger partial charge in [0.1, 0.15) is 11.5 Å². The van der Waals surface area contributed by atoms with Crippen LogP contribution in [0.4, 0.5) is 11.4 Å². The monoisotopic (exact) mass is 510 g/mol. The van der Waals surface area contributed by atoms with Gasteiger partial charge in [0.2, 0.25) is 5.91 Å². The third-order valence-corrected chi connectivity index (χ3v) is 8.18. The molecule has 6 heteroatoms. The Kier molecular flexibility index (Phi) is 5.22. The summed E-state index contributed by atoms with van der Waals surface area (Å²) in [5, 5.41) is 3.63. The fourth-order valence-electron chi connectivity index (χ4n) is 6.38. The molecule has 6 rings (SSSR count). The summed E-state index contributed by atoms with van der Waals surface area (Å²) in [6, 6.07) is 20.6. The third kappa shape index (κ3) is 3.27. The number of Topliss-reactive ketones (excluding diaryl/α,β-unsaturated/α-hetero) is 2. The Morgan fingerprint density at radius 1 is 0.973 bits per heavy atom. The third-order valence-electron chi connectivity index (χ3n) is 7.94. The van der Waals surface area contributed by atoms with Gasteiger partial charge in [0.15, 0.2) is 11.6 Å². The van der Waals surface area contributed by atoms with Gasteiger partial charge >= 0.3 is 0 Å². The van der Waals surface area contributed by atoms with Gasteiger partial charge in [-0.1, -0.05) is 93.1 Å². The molecule has 3 aromatic rings. The first-order chi connectivity index (χ1) is 17.7. The Balaban J connectivity index is 1.69. The molecule has 186 valence electrons. The van der Waals surface area contributed by atoms with Crippen LogP contribution in [0.25, 0.3) is 6.08 Å². The van der Waals surface area contributed by atoms with E-state index in [2.05, 4.69) is 5.32 Å². The number of hydrogen-bond donors (Lipinski definition) is 1. The minimum Gasteiger partial charge on any atom is -0.352 e. The zero-order valence-corrected chi connectivity index (χ0v) is 21.6. The molecule has 0 unspecified atom stereocenters. The van der Waals surface area contributed by atoms with Crippen LogP contribution in [-0.4, -0.2) is 29.6 Å². The average Bonchev–Trinajstić information content (AvgIpc) is 3.35. The number of rotatable bonds is 3. The number of amides is 1. The van der Waals surface area contributed by atoms with Gasteiger partial charge in [0.25, 0.3) is 0 Å². The average molecular weight is 511 g/mol. The maximum atomic E-state index is 14.5. The predicted molar refractivity (Wildman–Crippen MR) is 146 cm³/mol. The lowest BCUT2D eigenvalue weighted by Crippen LogP contribution is -2.51. The molecule has 0 radical (unpaired) electrons. The van der Waals surface area contributed by atoms with E-state index in [1.807, 2.05) is 92.4 Å². The smallest absolute Gasteiger partial charge is 0.238 e. The van der Waals surface area contributed by atoms with Gasteiger partial charge in [-0.2, -0.15) is 0 Å². The number of benzene rings is 3. The minimum atomic E-state index is -1.29. The van der Waals surface area contributed by atoms with Crippen LogP contribution < -0.4 is 10.2 Å². The van der Waals surface area contributed by atoms with Crippen LogP contribution in [0.5, 0.6) is 0 Å². The summed E-state index contributed by atoms with van der Waals surface area (Å²) in [4.78, 5) is 45.0. The zero-order valence-electron chi connectivity index (χ0n) is 20.9. The second-order valence-corrected chi connectivity index (χ2v) is 11.5. The molecule has 0 aliphatic carbocycles. The first-order valence-corrected chi connectivity index (χ1v) is 12.8. The second kappa shape index (κ2) is 8.15. The number of nitrogens with zero attached hydrogens (tertiary/aromatic N) is 1. The van der Waals surface area contributed by atoms with Crippen molar-refractivity contribution in [3.8, 4) is 0 Å². The fourth-order valence-corrected chi connectivity index (χ4v) is 6.56. The molecule has 5 nitrogen and oxygen atoms in total. The van der Waals surface area contributed by atoms with Crippen LogP contribution in [0.3, 0.4) is 0 Å². The molecule has 1 spiro atoms. The van der Waals surface area contributed by atoms with Crippen molar-refractivity contribution in [2.24, 2.45) is 11.3 Å². The lowest BCUT2D eigenvalue weighted by molar-refractivity contribution is -0.128. The highest BCUT2D eigenvalue weighted by Gasteiger charge is 2.70. The highest BCUT2D eigenvalue weighted by atomic mass is 35.5. The van der Waals surface area contributed by atoms with E-state index >= 15 is 0 Å². The number of carbonyl (C=O) groups is 3. The topological polar surface area (TPSA) is 66.5 Å². The molecule has 37 heavy (non-hydrogen) atoms. The molecule has 3 aliphatic heterocycles. The van der Waals surface area contributed by atoms with Crippen LogP contribution in [0.15, 0.2) is 78.9 Å². The van der Waals surface area contributed by atoms with Gasteiger partial charge in [-0.25, -0.2) is 0 Å². The maximum absolute atomic E-state index is 14.5. The van der Waals surface area contributed by atoms with Crippen LogP contribution in [-0.2, 0) is 15.0 Å². The van der Waals surface area contributed by atoms with E-state index in [0.717, 1.165) is 16.8 Å². The highest BCUT2D eigenvalue weighted by molar-refractivity contribution is 6.31. The van der Waals surface area contributed by atoms with Crippen LogP contribution in [0, 0.1) is 11.3 Å². The number of nitrogens with one attached hydrogen (secondary N) is 1. The molecule has 1 fully saturated rings. The minimum absolute atomic E-state index is 0.0861. The fraction of sp³-hybridized carbons (Fsp3) is 0.258.